The van der Waals surface area contributed by atoms with Crippen LogP contribution in [0.4, 0.5) is 0 Å². The lowest BCUT2D eigenvalue weighted by Crippen LogP contribution is -2.44. The highest BCUT2D eigenvalue weighted by Crippen LogP contribution is 2.40. The van der Waals surface area contributed by atoms with E-state index in [9.17, 15) is 19.5 Å². The largest absolute Gasteiger partial charge is 0.497 e. The fourth-order valence-electron chi connectivity index (χ4n) is 5.42. The molecule has 0 saturated heterocycles. The summed E-state index contributed by atoms with van der Waals surface area (Å²) in [5.41, 5.74) is 13.2. The van der Waals surface area contributed by atoms with Gasteiger partial charge in [-0.25, -0.2) is 9.78 Å². The first-order chi connectivity index (χ1) is 18.7. The molecule has 0 bridgehead atoms. The third kappa shape index (κ3) is 4.46. The van der Waals surface area contributed by atoms with Crippen LogP contribution in [-0.2, 0) is 39.6 Å². The number of nitrogens with zero attached hydrogens (tertiary/aromatic N) is 2. The van der Waals surface area contributed by atoms with Crippen LogP contribution in [0, 0.1) is 0 Å². The van der Waals surface area contributed by atoms with Gasteiger partial charge in [0.2, 0.25) is 5.91 Å². The van der Waals surface area contributed by atoms with Crippen LogP contribution in [-0.4, -0.2) is 46.2 Å². The molecule has 39 heavy (non-hydrogen) atoms. The molecule has 0 unspecified atom stereocenters. The number of hydrogen-bond donors (Lipinski definition) is 4. The minimum atomic E-state index is -1.91. The number of rotatable bonds is 9. The van der Waals surface area contributed by atoms with Crippen LogP contribution in [0.1, 0.15) is 54.9 Å². The predicted molar refractivity (Wildman–Crippen MR) is 144 cm³/mol. The van der Waals surface area contributed by atoms with Crippen molar-refractivity contribution in [1.29, 1.82) is 0 Å². The Kier molecular flexibility index (Phi) is 7.15. The molecule has 5 rings (SSSR count). The van der Waals surface area contributed by atoms with Crippen molar-refractivity contribution >= 4 is 22.8 Å². The molecule has 2 atom stereocenters. The average Bonchev–Trinajstić information content (AvgIpc) is 3.31. The van der Waals surface area contributed by atoms with Crippen molar-refractivity contribution in [2.45, 2.75) is 63.9 Å². The zero-order valence-electron chi connectivity index (χ0n) is 22.1. The van der Waals surface area contributed by atoms with Gasteiger partial charge in [-0.1, -0.05) is 13.3 Å². The summed E-state index contributed by atoms with van der Waals surface area (Å²) in [6.07, 6.45) is 2.14. The van der Waals surface area contributed by atoms with Gasteiger partial charge in [0.25, 0.3) is 5.56 Å². The summed E-state index contributed by atoms with van der Waals surface area (Å²) in [4.78, 5) is 43.7. The van der Waals surface area contributed by atoms with Crippen LogP contribution in [0.2, 0.25) is 0 Å². The third-order valence-electron chi connectivity index (χ3n) is 7.76. The molecule has 3 aromatic rings. The van der Waals surface area contributed by atoms with Crippen molar-refractivity contribution in [3.63, 3.8) is 0 Å². The quantitative estimate of drug-likeness (QED) is 0.181. The van der Waals surface area contributed by atoms with Gasteiger partial charge in [-0.05, 0) is 55.6 Å². The average molecular weight is 536 g/mol. The second-order valence-electron chi connectivity index (χ2n) is 10.0. The minimum Gasteiger partial charge on any atom is -0.497 e. The van der Waals surface area contributed by atoms with Gasteiger partial charge in [0.05, 0.1) is 42.2 Å². The lowest BCUT2D eigenvalue weighted by Gasteiger charge is -2.31. The van der Waals surface area contributed by atoms with Crippen molar-refractivity contribution in [2.24, 2.45) is 11.5 Å². The summed E-state index contributed by atoms with van der Waals surface area (Å²) in [6.45, 7) is 2.38. The number of carbonyl (C=O) groups excluding carboxylic acids is 2. The molecule has 11 nitrogen and oxygen atoms in total. The molecule has 1 amide bonds. The monoisotopic (exact) mass is 535 g/mol. The van der Waals surface area contributed by atoms with Crippen LogP contribution >= 0.6 is 0 Å². The van der Waals surface area contributed by atoms with Gasteiger partial charge in [0.1, 0.15) is 12.4 Å². The molecule has 4 heterocycles. The van der Waals surface area contributed by atoms with Crippen molar-refractivity contribution in [1.82, 2.24) is 14.9 Å². The summed E-state index contributed by atoms with van der Waals surface area (Å²) in [6, 6.07) is 6.47. The van der Waals surface area contributed by atoms with E-state index in [1.54, 1.807) is 30.7 Å². The normalized spacial score (nSPS) is 18.2. The number of unbranched alkanes of at least 4 members (excludes halogenated alkanes) is 1. The second-order valence-corrected chi connectivity index (χ2v) is 10.0. The molecule has 0 aliphatic carbocycles. The highest BCUT2D eigenvalue weighted by atomic mass is 16.6. The number of methoxy groups -OCH3 is 1. The van der Waals surface area contributed by atoms with E-state index in [4.69, 9.17) is 25.9 Å². The number of nitrogens with two attached hydrogens (primary N) is 2. The molecule has 6 N–H and O–H groups in total. The second kappa shape index (κ2) is 10.4. The maximum Gasteiger partial charge on any atom is 0.343 e. The Morgan fingerprint density at radius 1 is 1.28 bits per heavy atom. The Morgan fingerprint density at radius 3 is 2.79 bits per heavy atom. The zero-order valence-corrected chi connectivity index (χ0v) is 22.1. The Bertz CT molecular complexity index is 1530. The molecule has 11 heteroatoms. The number of hydrogen-bond acceptors (Lipinski definition) is 9. The maximum atomic E-state index is 13.6. The highest BCUT2D eigenvalue weighted by molar-refractivity contribution is 5.90. The SMILES string of the molecule is CC[C@@]1(O)C(=O)OCc2c1cc1n(c2=O)Cc2c-1nc1ccc(OC)cc1c2CNC(=O)[C@@H](N)CCCCN. The van der Waals surface area contributed by atoms with E-state index in [0.717, 1.165) is 29.4 Å². The number of pyridine rings is 2. The fourth-order valence-corrected chi connectivity index (χ4v) is 5.42. The molecule has 0 saturated carbocycles. The lowest BCUT2D eigenvalue weighted by atomic mass is 9.86. The molecule has 2 aromatic heterocycles. The van der Waals surface area contributed by atoms with Gasteiger partial charge < -0.3 is 35.9 Å². The molecular weight excluding hydrogens is 502 g/mol. The molecule has 0 radical (unpaired) electrons. The topological polar surface area (TPSA) is 172 Å². The van der Waals surface area contributed by atoms with Crippen LogP contribution in [0.25, 0.3) is 22.3 Å². The van der Waals surface area contributed by atoms with E-state index in [2.05, 4.69) is 5.32 Å². The number of nitrogens with one attached hydrogen (secondary N) is 1. The number of cyclic esters (lactones) is 1. The number of aromatic nitrogens is 2. The molecular formula is C28H33N5O6. The first-order valence-electron chi connectivity index (χ1n) is 13.1. The summed E-state index contributed by atoms with van der Waals surface area (Å²) in [5, 5.41) is 14.9. The molecule has 2 aliphatic heterocycles. The lowest BCUT2D eigenvalue weighted by molar-refractivity contribution is -0.172. The summed E-state index contributed by atoms with van der Waals surface area (Å²) in [5.74, 6) is -0.424. The van der Waals surface area contributed by atoms with Crippen molar-refractivity contribution in [3.05, 3.63) is 56.9 Å². The van der Waals surface area contributed by atoms with Gasteiger partial charge in [0, 0.05) is 23.1 Å². The Labute approximate surface area is 225 Å². The molecule has 0 fully saturated rings. The van der Waals surface area contributed by atoms with E-state index in [1.165, 1.54) is 0 Å². The first-order valence-corrected chi connectivity index (χ1v) is 13.1. The van der Waals surface area contributed by atoms with E-state index in [-0.39, 0.29) is 48.7 Å². The van der Waals surface area contributed by atoms with Gasteiger partial charge in [-0.3, -0.25) is 9.59 Å². The van der Waals surface area contributed by atoms with Crippen molar-refractivity contribution < 1.29 is 24.2 Å². The van der Waals surface area contributed by atoms with Crippen molar-refractivity contribution in [3.8, 4) is 17.1 Å². The van der Waals surface area contributed by atoms with Gasteiger partial charge in [-0.15, -0.1) is 0 Å². The summed E-state index contributed by atoms with van der Waals surface area (Å²) >= 11 is 0. The minimum absolute atomic E-state index is 0.0579. The van der Waals surface area contributed by atoms with Crippen LogP contribution in [0.15, 0.2) is 29.1 Å². The number of aliphatic hydroxyl groups is 1. The summed E-state index contributed by atoms with van der Waals surface area (Å²) < 4.78 is 12.2. The van der Waals surface area contributed by atoms with E-state index >= 15 is 0 Å². The van der Waals surface area contributed by atoms with E-state index in [0.29, 0.717) is 35.6 Å². The molecule has 1 aromatic carbocycles. The predicted octanol–water partition coefficient (Wildman–Crippen LogP) is 1.16. The van der Waals surface area contributed by atoms with Crippen LogP contribution in [0.3, 0.4) is 0 Å². The number of esters is 1. The van der Waals surface area contributed by atoms with Gasteiger partial charge in [-0.2, -0.15) is 0 Å². The molecule has 2 aliphatic rings. The smallest absolute Gasteiger partial charge is 0.343 e. The first kappa shape index (κ1) is 26.8. The Hall–Kier alpha value is -3.80. The fraction of sp³-hybridized carbons (Fsp3) is 0.429. The Morgan fingerprint density at radius 2 is 2.08 bits per heavy atom. The number of ether oxygens (including phenoxy) is 2. The number of fused-ring (bicyclic) bond motifs is 5. The number of benzene rings is 1. The van der Waals surface area contributed by atoms with Crippen molar-refractivity contribution in [2.75, 3.05) is 13.7 Å². The van der Waals surface area contributed by atoms with E-state index in [1.807, 2.05) is 12.1 Å². The molecule has 0 spiro atoms. The van der Waals surface area contributed by atoms with Crippen LogP contribution in [0.5, 0.6) is 5.75 Å². The van der Waals surface area contributed by atoms with Gasteiger partial charge >= 0.3 is 5.97 Å². The highest BCUT2D eigenvalue weighted by Gasteiger charge is 2.45. The number of amides is 1. The van der Waals surface area contributed by atoms with Crippen LogP contribution < -0.4 is 27.1 Å². The summed E-state index contributed by atoms with van der Waals surface area (Å²) in [7, 11) is 1.57. The van der Waals surface area contributed by atoms with Gasteiger partial charge in [0.15, 0.2) is 5.60 Å². The molecule has 206 valence electrons. The number of carbonyl (C=O) groups is 2. The Balaban J connectivity index is 1.61. The zero-order chi connectivity index (χ0) is 27.9. The standard InChI is InChI=1S/C28H33N5O6/c1-3-28(37)20-11-23-24-18(13-33(23)26(35)19(20)14-39-27(28)36)17(12-31-25(34)21(30)6-4-5-9-29)16-10-15(38-2)7-8-22(16)32-24/h7-8,10-11,21,37H,3-6,9,12-14,29-30H2,1-2H3,(H,31,34)/t21-,28-/m0/s1. The van der Waals surface area contributed by atoms with E-state index < -0.39 is 17.6 Å². The maximum absolute atomic E-state index is 13.6. The third-order valence-corrected chi connectivity index (χ3v) is 7.76.